The summed E-state index contributed by atoms with van der Waals surface area (Å²) in [6.45, 7) is 8.33. The SMILES string of the molecule is CC(C)Nc1nc(C(C)C)nc2[nH]ncc12. The van der Waals surface area contributed by atoms with E-state index in [2.05, 4.69) is 53.2 Å². The van der Waals surface area contributed by atoms with Gasteiger partial charge in [-0.25, -0.2) is 9.97 Å². The van der Waals surface area contributed by atoms with Gasteiger partial charge >= 0.3 is 0 Å². The first-order valence-corrected chi connectivity index (χ1v) is 5.55. The van der Waals surface area contributed by atoms with Gasteiger partial charge in [0.2, 0.25) is 0 Å². The standard InChI is InChI=1S/C11H17N5/c1-6(2)9-14-10(13-7(3)4)8-5-12-16-11(8)15-9/h5-7H,1-4H3,(H2,12,13,14,15,16). The van der Waals surface area contributed by atoms with Gasteiger partial charge in [0, 0.05) is 12.0 Å². The maximum absolute atomic E-state index is 4.53. The van der Waals surface area contributed by atoms with Crippen molar-refractivity contribution in [1.82, 2.24) is 20.2 Å². The summed E-state index contributed by atoms with van der Waals surface area (Å²) in [6.07, 6.45) is 1.75. The summed E-state index contributed by atoms with van der Waals surface area (Å²) < 4.78 is 0. The topological polar surface area (TPSA) is 66.5 Å². The highest BCUT2D eigenvalue weighted by Gasteiger charge is 2.11. The first kappa shape index (κ1) is 10.9. The number of rotatable bonds is 3. The van der Waals surface area contributed by atoms with Crippen LogP contribution in [0.2, 0.25) is 0 Å². The Kier molecular flexibility index (Phi) is 2.77. The number of aromatic amines is 1. The highest BCUT2D eigenvalue weighted by atomic mass is 15.2. The zero-order chi connectivity index (χ0) is 11.7. The summed E-state index contributed by atoms with van der Waals surface area (Å²) in [6, 6.07) is 0.341. The third-order valence-electron chi connectivity index (χ3n) is 2.27. The summed E-state index contributed by atoms with van der Waals surface area (Å²) in [4.78, 5) is 8.96. The minimum Gasteiger partial charge on any atom is -0.367 e. The third-order valence-corrected chi connectivity index (χ3v) is 2.27. The summed E-state index contributed by atoms with van der Waals surface area (Å²) in [5.41, 5.74) is 0.793. The van der Waals surface area contributed by atoms with Gasteiger partial charge in [0.05, 0.1) is 11.6 Å². The van der Waals surface area contributed by atoms with Crippen LogP contribution in [0.25, 0.3) is 11.0 Å². The lowest BCUT2D eigenvalue weighted by Crippen LogP contribution is -2.13. The molecule has 0 amide bonds. The maximum atomic E-state index is 4.53. The molecular formula is C11H17N5. The van der Waals surface area contributed by atoms with Crippen molar-refractivity contribution >= 4 is 16.9 Å². The Morgan fingerprint density at radius 3 is 2.56 bits per heavy atom. The molecule has 0 atom stereocenters. The van der Waals surface area contributed by atoms with Gasteiger partial charge in [-0.1, -0.05) is 13.8 Å². The Balaban J connectivity index is 2.54. The van der Waals surface area contributed by atoms with Crippen molar-refractivity contribution in [3.05, 3.63) is 12.0 Å². The fourth-order valence-corrected chi connectivity index (χ4v) is 1.49. The van der Waals surface area contributed by atoms with Crippen LogP contribution < -0.4 is 5.32 Å². The van der Waals surface area contributed by atoms with Crippen molar-refractivity contribution in [3.63, 3.8) is 0 Å². The van der Waals surface area contributed by atoms with E-state index >= 15 is 0 Å². The molecule has 0 fully saturated rings. The number of hydrogen-bond acceptors (Lipinski definition) is 4. The van der Waals surface area contributed by atoms with Crippen molar-refractivity contribution in [2.45, 2.75) is 39.7 Å². The number of H-pyrrole nitrogens is 1. The van der Waals surface area contributed by atoms with E-state index in [1.165, 1.54) is 0 Å². The van der Waals surface area contributed by atoms with E-state index in [0.717, 1.165) is 22.7 Å². The van der Waals surface area contributed by atoms with Crippen molar-refractivity contribution < 1.29 is 0 Å². The molecule has 2 aromatic heterocycles. The number of hydrogen-bond donors (Lipinski definition) is 2. The fraction of sp³-hybridized carbons (Fsp3) is 0.545. The molecule has 0 bridgehead atoms. The molecule has 0 saturated carbocycles. The molecule has 0 unspecified atom stereocenters. The number of nitrogens with zero attached hydrogens (tertiary/aromatic N) is 3. The molecule has 0 saturated heterocycles. The van der Waals surface area contributed by atoms with Crippen LogP contribution in [0.15, 0.2) is 6.20 Å². The quantitative estimate of drug-likeness (QED) is 0.831. The van der Waals surface area contributed by atoms with E-state index in [1.807, 2.05) is 0 Å². The van der Waals surface area contributed by atoms with Crippen LogP contribution in [0.4, 0.5) is 5.82 Å². The normalized spacial score (nSPS) is 11.6. The van der Waals surface area contributed by atoms with Crippen LogP contribution in [-0.4, -0.2) is 26.2 Å². The number of aromatic nitrogens is 4. The van der Waals surface area contributed by atoms with Gasteiger partial charge in [0.25, 0.3) is 0 Å². The van der Waals surface area contributed by atoms with Crippen LogP contribution >= 0.6 is 0 Å². The van der Waals surface area contributed by atoms with E-state index in [4.69, 9.17) is 0 Å². The van der Waals surface area contributed by atoms with E-state index in [-0.39, 0.29) is 0 Å². The summed E-state index contributed by atoms with van der Waals surface area (Å²) in [5, 5.41) is 11.2. The first-order chi connectivity index (χ1) is 7.58. The Labute approximate surface area is 94.7 Å². The van der Waals surface area contributed by atoms with Crippen molar-refractivity contribution in [2.75, 3.05) is 5.32 Å². The van der Waals surface area contributed by atoms with Gasteiger partial charge in [-0.05, 0) is 13.8 Å². The molecular weight excluding hydrogens is 202 g/mol. The number of anilines is 1. The largest absolute Gasteiger partial charge is 0.367 e. The Hall–Kier alpha value is -1.65. The van der Waals surface area contributed by atoms with Gasteiger partial charge in [-0.3, -0.25) is 5.10 Å². The molecule has 0 aliphatic carbocycles. The minimum atomic E-state index is 0.306. The lowest BCUT2D eigenvalue weighted by molar-refractivity contribution is 0.776. The van der Waals surface area contributed by atoms with Crippen molar-refractivity contribution in [1.29, 1.82) is 0 Å². The average molecular weight is 219 g/mol. The summed E-state index contributed by atoms with van der Waals surface area (Å²) in [5.74, 6) is 2.00. The van der Waals surface area contributed by atoms with Gasteiger partial charge in [0.15, 0.2) is 5.65 Å². The molecule has 0 spiro atoms. The molecule has 2 N–H and O–H groups in total. The van der Waals surface area contributed by atoms with Crippen molar-refractivity contribution in [2.24, 2.45) is 0 Å². The second-order valence-corrected chi connectivity index (χ2v) is 4.52. The molecule has 16 heavy (non-hydrogen) atoms. The van der Waals surface area contributed by atoms with Gasteiger partial charge < -0.3 is 5.32 Å². The van der Waals surface area contributed by atoms with Crippen LogP contribution in [0, 0.1) is 0 Å². The number of nitrogens with one attached hydrogen (secondary N) is 2. The highest BCUT2D eigenvalue weighted by Crippen LogP contribution is 2.21. The summed E-state index contributed by atoms with van der Waals surface area (Å²) in [7, 11) is 0. The number of fused-ring (bicyclic) bond motifs is 1. The molecule has 2 heterocycles. The van der Waals surface area contributed by atoms with Crippen molar-refractivity contribution in [3.8, 4) is 0 Å². The maximum Gasteiger partial charge on any atom is 0.161 e. The van der Waals surface area contributed by atoms with Gasteiger partial charge in [-0.15, -0.1) is 0 Å². The zero-order valence-corrected chi connectivity index (χ0v) is 10.1. The second-order valence-electron chi connectivity index (χ2n) is 4.52. The van der Waals surface area contributed by atoms with Crippen LogP contribution in [0.1, 0.15) is 39.4 Å². The van der Waals surface area contributed by atoms with Crippen LogP contribution in [0.5, 0.6) is 0 Å². The lowest BCUT2D eigenvalue weighted by Gasteiger charge is -2.12. The highest BCUT2D eigenvalue weighted by molar-refractivity contribution is 5.85. The van der Waals surface area contributed by atoms with E-state index in [1.54, 1.807) is 6.20 Å². The fourth-order valence-electron chi connectivity index (χ4n) is 1.49. The Morgan fingerprint density at radius 1 is 1.19 bits per heavy atom. The minimum absolute atomic E-state index is 0.306. The Bertz CT molecular complexity index is 486. The van der Waals surface area contributed by atoms with E-state index in [9.17, 15) is 0 Å². The molecule has 0 aliphatic rings. The van der Waals surface area contributed by atoms with Gasteiger partial charge in [-0.2, -0.15) is 5.10 Å². The predicted octanol–water partition coefficient (Wildman–Crippen LogP) is 2.30. The third kappa shape index (κ3) is 1.98. The molecule has 2 aromatic rings. The van der Waals surface area contributed by atoms with Crippen LogP contribution in [0.3, 0.4) is 0 Å². The molecule has 0 aliphatic heterocycles. The van der Waals surface area contributed by atoms with Gasteiger partial charge in [0.1, 0.15) is 11.6 Å². The summed E-state index contributed by atoms with van der Waals surface area (Å²) >= 11 is 0. The Morgan fingerprint density at radius 2 is 1.94 bits per heavy atom. The molecule has 5 nitrogen and oxygen atoms in total. The average Bonchev–Trinajstić information content (AvgIpc) is 2.64. The molecule has 0 radical (unpaired) electrons. The molecule has 2 rings (SSSR count). The van der Waals surface area contributed by atoms with Crippen LogP contribution in [-0.2, 0) is 0 Å². The predicted molar refractivity (Wildman–Crippen MR) is 64.5 cm³/mol. The molecule has 86 valence electrons. The zero-order valence-electron chi connectivity index (χ0n) is 10.1. The first-order valence-electron chi connectivity index (χ1n) is 5.55. The lowest BCUT2D eigenvalue weighted by atomic mass is 10.2. The molecule has 5 heteroatoms. The molecule has 0 aromatic carbocycles. The monoisotopic (exact) mass is 219 g/mol. The van der Waals surface area contributed by atoms with E-state index < -0.39 is 0 Å². The second kappa shape index (κ2) is 4.08. The van der Waals surface area contributed by atoms with E-state index in [0.29, 0.717) is 12.0 Å². The smallest absolute Gasteiger partial charge is 0.161 e.